The molecule has 110 valence electrons. The highest BCUT2D eigenvalue weighted by Gasteiger charge is 2.36. The molecule has 3 rings (SSSR count). The highest BCUT2D eigenvalue weighted by Crippen LogP contribution is 2.30. The van der Waals surface area contributed by atoms with Gasteiger partial charge in [-0.15, -0.1) is 0 Å². The SMILES string of the molecule is N#Cc1nn([C@H]2C[C@H](O)[C@@H](CO)O2)c2nc(N)[nH]c(=O)c12. The molecule has 1 saturated heterocycles. The molecular formula is C11H12N6O4. The van der Waals surface area contributed by atoms with Crippen molar-refractivity contribution < 1.29 is 14.9 Å². The van der Waals surface area contributed by atoms with Gasteiger partial charge < -0.3 is 20.7 Å². The number of hydrogen-bond donors (Lipinski definition) is 4. The third-order valence-electron chi connectivity index (χ3n) is 3.34. The summed E-state index contributed by atoms with van der Waals surface area (Å²) in [5, 5.41) is 31.9. The first kappa shape index (κ1) is 13.5. The quantitative estimate of drug-likeness (QED) is 0.504. The van der Waals surface area contributed by atoms with Crippen molar-refractivity contribution in [2.24, 2.45) is 0 Å². The van der Waals surface area contributed by atoms with Crippen LogP contribution in [0.3, 0.4) is 0 Å². The lowest BCUT2D eigenvalue weighted by atomic mass is 10.2. The molecule has 1 aliphatic rings. The second-order valence-corrected chi connectivity index (χ2v) is 4.67. The van der Waals surface area contributed by atoms with Gasteiger partial charge in [0.2, 0.25) is 5.95 Å². The Morgan fingerprint density at radius 2 is 2.38 bits per heavy atom. The number of rotatable bonds is 2. The summed E-state index contributed by atoms with van der Waals surface area (Å²) in [6.07, 6.45) is -2.21. The smallest absolute Gasteiger partial charge is 0.264 e. The van der Waals surface area contributed by atoms with Crippen LogP contribution in [0.4, 0.5) is 5.95 Å². The molecule has 21 heavy (non-hydrogen) atoms. The Morgan fingerprint density at radius 3 is 3.00 bits per heavy atom. The maximum Gasteiger partial charge on any atom is 0.264 e. The molecular weight excluding hydrogens is 280 g/mol. The number of H-pyrrole nitrogens is 1. The molecule has 1 aliphatic heterocycles. The van der Waals surface area contributed by atoms with Gasteiger partial charge in [0, 0.05) is 6.42 Å². The lowest BCUT2D eigenvalue weighted by molar-refractivity contribution is -0.0470. The molecule has 0 spiro atoms. The number of nitriles is 1. The molecule has 1 fully saturated rings. The minimum atomic E-state index is -0.871. The fourth-order valence-corrected chi connectivity index (χ4v) is 2.37. The molecule has 0 unspecified atom stereocenters. The molecule has 0 radical (unpaired) electrons. The van der Waals surface area contributed by atoms with E-state index in [0.717, 1.165) is 0 Å². The van der Waals surface area contributed by atoms with E-state index in [-0.39, 0.29) is 35.7 Å². The molecule has 0 bridgehead atoms. The van der Waals surface area contributed by atoms with Crippen LogP contribution in [0.5, 0.6) is 0 Å². The molecule has 0 aromatic carbocycles. The fourth-order valence-electron chi connectivity index (χ4n) is 2.37. The average Bonchev–Trinajstić information content (AvgIpc) is 2.98. The van der Waals surface area contributed by atoms with Crippen LogP contribution in [-0.2, 0) is 4.74 Å². The first-order valence-corrected chi connectivity index (χ1v) is 6.17. The monoisotopic (exact) mass is 292 g/mol. The van der Waals surface area contributed by atoms with Crippen molar-refractivity contribution in [1.82, 2.24) is 19.7 Å². The van der Waals surface area contributed by atoms with Crippen molar-refractivity contribution in [1.29, 1.82) is 5.26 Å². The Bertz CT molecular complexity index is 790. The topological polar surface area (TPSA) is 163 Å². The van der Waals surface area contributed by atoms with Crippen LogP contribution >= 0.6 is 0 Å². The van der Waals surface area contributed by atoms with Crippen molar-refractivity contribution in [3.63, 3.8) is 0 Å². The third-order valence-corrected chi connectivity index (χ3v) is 3.34. The van der Waals surface area contributed by atoms with E-state index in [1.165, 1.54) is 4.68 Å². The van der Waals surface area contributed by atoms with Gasteiger partial charge in [-0.1, -0.05) is 0 Å². The van der Waals surface area contributed by atoms with E-state index in [9.17, 15) is 9.90 Å². The van der Waals surface area contributed by atoms with Crippen molar-refractivity contribution >= 4 is 17.0 Å². The summed E-state index contributed by atoms with van der Waals surface area (Å²) in [5.41, 5.74) is 4.92. The summed E-state index contributed by atoms with van der Waals surface area (Å²) in [6.45, 7) is -0.349. The number of nitrogens with zero attached hydrogens (tertiary/aromatic N) is 4. The summed E-state index contributed by atoms with van der Waals surface area (Å²) in [5.74, 6) is -0.115. The average molecular weight is 292 g/mol. The van der Waals surface area contributed by atoms with Gasteiger partial charge in [-0.3, -0.25) is 9.78 Å². The predicted molar refractivity (Wildman–Crippen MR) is 68.9 cm³/mol. The summed E-state index contributed by atoms with van der Waals surface area (Å²) < 4.78 is 6.69. The zero-order valence-corrected chi connectivity index (χ0v) is 10.7. The first-order valence-electron chi connectivity index (χ1n) is 6.17. The number of aliphatic hydroxyl groups is 2. The van der Waals surface area contributed by atoms with Crippen LogP contribution in [0.15, 0.2) is 4.79 Å². The van der Waals surface area contributed by atoms with Gasteiger partial charge >= 0.3 is 0 Å². The molecule has 0 saturated carbocycles. The molecule has 10 heteroatoms. The summed E-state index contributed by atoms with van der Waals surface area (Å²) >= 11 is 0. The second kappa shape index (κ2) is 4.81. The van der Waals surface area contributed by atoms with Crippen LogP contribution in [0.25, 0.3) is 11.0 Å². The fraction of sp³-hybridized carbons (Fsp3) is 0.455. The van der Waals surface area contributed by atoms with Crippen molar-refractivity contribution in [2.75, 3.05) is 12.3 Å². The zero-order chi connectivity index (χ0) is 15.1. The standard InChI is InChI=1S/C11H12N6O4/c12-2-4-8-9(14-11(13)15-10(8)20)17(16-4)7-1-5(19)6(3-18)21-7/h5-7,18-19H,1,3H2,(H3,13,14,15,20)/t5-,6+,7+/m0/s1. The van der Waals surface area contributed by atoms with Gasteiger partial charge in [0.25, 0.3) is 5.56 Å². The molecule has 2 aromatic rings. The number of fused-ring (bicyclic) bond motifs is 1. The van der Waals surface area contributed by atoms with E-state index in [4.69, 9.17) is 20.8 Å². The molecule has 0 amide bonds. The Labute approximate surface area is 117 Å². The van der Waals surface area contributed by atoms with Crippen LogP contribution in [-0.4, -0.2) is 48.8 Å². The van der Waals surface area contributed by atoms with Crippen molar-refractivity contribution in [2.45, 2.75) is 24.9 Å². The largest absolute Gasteiger partial charge is 0.394 e. The Hall–Kier alpha value is -2.48. The van der Waals surface area contributed by atoms with Crippen LogP contribution in [0, 0.1) is 11.3 Å². The molecule has 0 aliphatic carbocycles. The van der Waals surface area contributed by atoms with Gasteiger partial charge in [0.1, 0.15) is 17.6 Å². The molecule has 3 heterocycles. The normalized spacial score (nSPS) is 25.3. The van der Waals surface area contributed by atoms with E-state index in [2.05, 4.69) is 15.1 Å². The van der Waals surface area contributed by atoms with E-state index in [0.29, 0.717) is 0 Å². The second-order valence-electron chi connectivity index (χ2n) is 4.67. The number of aromatic nitrogens is 4. The minimum Gasteiger partial charge on any atom is -0.394 e. The lowest BCUT2D eigenvalue weighted by Gasteiger charge is -2.12. The zero-order valence-electron chi connectivity index (χ0n) is 10.7. The van der Waals surface area contributed by atoms with Gasteiger partial charge in [-0.05, 0) is 0 Å². The van der Waals surface area contributed by atoms with Crippen molar-refractivity contribution in [3.05, 3.63) is 16.0 Å². The molecule has 3 atom stereocenters. The van der Waals surface area contributed by atoms with E-state index in [1.54, 1.807) is 0 Å². The number of nitrogens with two attached hydrogens (primary N) is 1. The van der Waals surface area contributed by atoms with E-state index in [1.807, 2.05) is 6.07 Å². The van der Waals surface area contributed by atoms with Gasteiger partial charge in [0.05, 0.1) is 12.7 Å². The van der Waals surface area contributed by atoms with Crippen molar-refractivity contribution in [3.8, 4) is 6.07 Å². The number of ether oxygens (including phenoxy) is 1. The van der Waals surface area contributed by atoms with Gasteiger partial charge in [-0.25, -0.2) is 4.68 Å². The Morgan fingerprint density at radius 1 is 1.62 bits per heavy atom. The maximum absolute atomic E-state index is 11.9. The summed E-state index contributed by atoms with van der Waals surface area (Å²) in [6, 6.07) is 1.81. The van der Waals surface area contributed by atoms with E-state index >= 15 is 0 Å². The number of hydrogen-bond acceptors (Lipinski definition) is 8. The maximum atomic E-state index is 11.9. The Balaban J connectivity index is 2.16. The van der Waals surface area contributed by atoms with Crippen LogP contribution in [0.1, 0.15) is 18.3 Å². The van der Waals surface area contributed by atoms with Crippen LogP contribution < -0.4 is 11.3 Å². The number of aromatic amines is 1. The highest BCUT2D eigenvalue weighted by molar-refractivity contribution is 5.80. The number of nitrogen functional groups attached to an aromatic ring is 1. The predicted octanol–water partition coefficient (Wildman–Crippen LogP) is -1.79. The first-order chi connectivity index (χ1) is 10.0. The molecule has 2 aromatic heterocycles. The molecule has 10 nitrogen and oxygen atoms in total. The van der Waals surface area contributed by atoms with Crippen LogP contribution in [0.2, 0.25) is 0 Å². The molecule has 5 N–H and O–H groups in total. The number of nitrogens with one attached hydrogen (secondary N) is 1. The minimum absolute atomic E-state index is 0.0113. The summed E-state index contributed by atoms with van der Waals surface area (Å²) in [4.78, 5) is 18.2. The highest BCUT2D eigenvalue weighted by atomic mass is 16.5. The summed E-state index contributed by atoms with van der Waals surface area (Å²) in [7, 11) is 0. The lowest BCUT2D eigenvalue weighted by Crippen LogP contribution is -2.24. The van der Waals surface area contributed by atoms with E-state index < -0.39 is 24.0 Å². The number of aliphatic hydroxyl groups excluding tert-OH is 2. The van der Waals surface area contributed by atoms with Gasteiger partial charge in [-0.2, -0.15) is 15.3 Å². The number of anilines is 1. The third kappa shape index (κ3) is 2.04. The Kier molecular flexibility index (Phi) is 3.09. The van der Waals surface area contributed by atoms with Gasteiger partial charge in [0.15, 0.2) is 17.6 Å².